The maximum atomic E-state index is 11.6. The van der Waals surface area contributed by atoms with Gasteiger partial charge in [0.15, 0.2) is 0 Å². The molecule has 1 aromatic rings. The topological polar surface area (TPSA) is 80.9 Å². The maximum absolute atomic E-state index is 11.6. The van der Waals surface area contributed by atoms with Gasteiger partial charge in [0.1, 0.15) is 5.82 Å². The average molecular weight is 259 g/mol. The van der Waals surface area contributed by atoms with Crippen LogP contribution in [0.25, 0.3) is 0 Å². The van der Waals surface area contributed by atoms with E-state index in [1.807, 2.05) is 20.8 Å². The van der Waals surface area contributed by atoms with Crippen LogP contribution in [0, 0.1) is 5.92 Å². The van der Waals surface area contributed by atoms with Gasteiger partial charge < -0.3 is 11.1 Å². The third-order valence-electron chi connectivity index (χ3n) is 2.31. The minimum atomic E-state index is -0.508. The van der Waals surface area contributed by atoms with Crippen molar-refractivity contribution >= 4 is 24.0 Å². The Labute approximate surface area is 108 Å². The third kappa shape index (κ3) is 4.66. The number of aromatic nitrogens is 2. The average Bonchev–Trinajstić information content (AvgIpc) is 2.28. The van der Waals surface area contributed by atoms with Crippen LogP contribution in [0.3, 0.4) is 0 Å². The van der Waals surface area contributed by atoms with Gasteiger partial charge >= 0.3 is 0 Å². The molecule has 0 aliphatic heterocycles. The van der Waals surface area contributed by atoms with E-state index in [0.717, 1.165) is 12.2 Å². The van der Waals surface area contributed by atoms with Crippen molar-refractivity contribution in [2.75, 3.05) is 5.32 Å². The number of nitrogens with zero attached hydrogens (tertiary/aromatic N) is 2. The normalized spacial score (nSPS) is 11.8. The summed E-state index contributed by atoms with van der Waals surface area (Å²) in [6, 6.07) is -0.508. The molecule has 0 unspecified atom stereocenters. The molecular weight excluding hydrogens is 240 g/mol. The molecule has 1 aromatic heterocycles. The third-order valence-corrected chi connectivity index (χ3v) is 2.31. The molecule has 1 rings (SSSR count). The lowest BCUT2D eigenvalue weighted by molar-refractivity contribution is -0.118. The molecule has 0 aliphatic carbocycles. The van der Waals surface area contributed by atoms with Gasteiger partial charge in [-0.15, -0.1) is 12.4 Å². The number of carbonyl (C=O) groups is 1. The first-order valence-corrected chi connectivity index (χ1v) is 5.42. The second-order valence-corrected chi connectivity index (χ2v) is 4.00. The molecule has 6 heteroatoms. The highest BCUT2D eigenvalue weighted by Gasteiger charge is 2.17. The van der Waals surface area contributed by atoms with E-state index in [0.29, 0.717) is 5.69 Å². The Bertz CT molecular complexity index is 353. The van der Waals surface area contributed by atoms with Gasteiger partial charge in [0.2, 0.25) is 5.91 Å². The van der Waals surface area contributed by atoms with E-state index < -0.39 is 6.04 Å². The summed E-state index contributed by atoms with van der Waals surface area (Å²) in [5, 5.41) is 2.69. The molecule has 17 heavy (non-hydrogen) atoms. The van der Waals surface area contributed by atoms with E-state index in [4.69, 9.17) is 5.73 Å². The van der Waals surface area contributed by atoms with E-state index in [-0.39, 0.29) is 24.2 Å². The molecule has 0 spiro atoms. The lowest BCUT2D eigenvalue weighted by atomic mass is 10.1. The summed E-state index contributed by atoms with van der Waals surface area (Å²) >= 11 is 0. The number of aryl methyl sites for hydroxylation is 1. The number of rotatable bonds is 4. The molecule has 0 saturated heterocycles. The van der Waals surface area contributed by atoms with Crippen molar-refractivity contribution < 1.29 is 4.79 Å². The van der Waals surface area contributed by atoms with Crippen molar-refractivity contribution in [1.29, 1.82) is 0 Å². The molecule has 0 saturated carbocycles. The standard InChI is InChI=1S/C11H18N4O.ClH/c1-4-9-13-5-8(6-14-9)15-11(16)10(12)7(2)3;/h5-7,10H,4,12H2,1-3H3,(H,15,16);1H/t10-;/m0./s1. The Morgan fingerprint density at radius 2 is 1.94 bits per heavy atom. The van der Waals surface area contributed by atoms with Gasteiger partial charge in [0, 0.05) is 6.42 Å². The van der Waals surface area contributed by atoms with Gasteiger partial charge in [-0.25, -0.2) is 9.97 Å². The quantitative estimate of drug-likeness (QED) is 0.855. The van der Waals surface area contributed by atoms with E-state index in [2.05, 4.69) is 15.3 Å². The monoisotopic (exact) mass is 258 g/mol. The van der Waals surface area contributed by atoms with Crippen molar-refractivity contribution in [2.24, 2.45) is 11.7 Å². The van der Waals surface area contributed by atoms with E-state index in [9.17, 15) is 4.79 Å². The fourth-order valence-electron chi connectivity index (χ4n) is 1.13. The van der Waals surface area contributed by atoms with Crippen LogP contribution >= 0.6 is 12.4 Å². The zero-order valence-electron chi connectivity index (χ0n) is 10.3. The molecule has 1 heterocycles. The Kier molecular flexibility index (Phi) is 6.68. The number of nitrogens with two attached hydrogens (primary N) is 1. The minimum absolute atomic E-state index is 0. The number of halogens is 1. The predicted molar refractivity (Wildman–Crippen MR) is 70.1 cm³/mol. The number of amides is 1. The highest BCUT2D eigenvalue weighted by Crippen LogP contribution is 2.06. The zero-order chi connectivity index (χ0) is 12.1. The molecule has 0 aromatic carbocycles. The second-order valence-electron chi connectivity index (χ2n) is 4.00. The molecule has 96 valence electrons. The summed E-state index contributed by atoms with van der Waals surface area (Å²) in [6.07, 6.45) is 3.97. The second kappa shape index (κ2) is 7.19. The van der Waals surface area contributed by atoms with Crippen LogP contribution in [0.15, 0.2) is 12.4 Å². The van der Waals surface area contributed by atoms with Gasteiger partial charge in [0.25, 0.3) is 0 Å². The number of carbonyl (C=O) groups excluding carboxylic acids is 1. The lowest BCUT2D eigenvalue weighted by Crippen LogP contribution is -2.39. The molecule has 0 radical (unpaired) electrons. The van der Waals surface area contributed by atoms with Crippen LogP contribution in [0.5, 0.6) is 0 Å². The molecule has 0 aliphatic rings. The van der Waals surface area contributed by atoms with Crippen LogP contribution in [0.4, 0.5) is 5.69 Å². The van der Waals surface area contributed by atoms with E-state index >= 15 is 0 Å². The van der Waals surface area contributed by atoms with Crippen LogP contribution in [0.2, 0.25) is 0 Å². The first-order valence-electron chi connectivity index (χ1n) is 5.42. The summed E-state index contributed by atoms with van der Waals surface area (Å²) in [5.41, 5.74) is 6.29. The van der Waals surface area contributed by atoms with Crippen LogP contribution in [-0.4, -0.2) is 21.9 Å². The van der Waals surface area contributed by atoms with Crippen LogP contribution in [0.1, 0.15) is 26.6 Å². The Morgan fingerprint density at radius 1 is 1.41 bits per heavy atom. The number of hydrogen-bond donors (Lipinski definition) is 2. The van der Waals surface area contributed by atoms with Crippen molar-refractivity contribution in [2.45, 2.75) is 33.2 Å². The zero-order valence-corrected chi connectivity index (χ0v) is 11.1. The SMILES string of the molecule is CCc1ncc(NC(=O)[C@@H](N)C(C)C)cn1.Cl. The molecule has 3 N–H and O–H groups in total. The summed E-state index contributed by atoms with van der Waals surface area (Å²) < 4.78 is 0. The van der Waals surface area contributed by atoms with Gasteiger partial charge in [-0.1, -0.05) is 20.8 Å². The van der Waals surface area contributed by atoms with Crippen molar-refractivity contribution in [3.05, 3.63) is 18.2 Å². The summed E-state index contributed by atoms with van der Waals surface area (Å²) in [5.74, 6) is 0.657. The number of hydrogen-bond acceptors (Lipinski definition) is 4. The molecule has 1 atom stereocenters. The molecule has 1 amide bonds. The fourth-order valence-corrected chi connectivity index (χ4v) is 1.13. The summed E-state index contributed by atoms with van der Waals surface area (Å²) in [6.45, 7) is 5.78. The lowest BCUT2D eigenvalue weighted by Gasteiger charge is -2.14. The van der Waals surface area contributed by atoms with Crippen LogP contribution < -0.4 is 11.1 Å². The van der Waals surface area contributed by atoms with Crippen molar-refractivity contribution in [3.63, 3.8) is 0 Å². The first kappa shape index (κ1) is 15.8. The first-order chi connectivity index (χ1) is 7.54. The predicted octanol–water partition coefficient (Wildman–Crippen LogP) is 1.38. The Hall–Kier alpha value is -1.20. The molecule has 0 fully saturated rings. The van der Waals surface area contributed by atoms with Crippen molar-refractivity contribution in [3.8, 4) is 0 Å². The number of anilines is 1. The molecule has 0 bridgehead atoms. The minimum Gasteiger partial charge on any atom is -0.322 e. The Balaban J connectivity index is 0.00000256. The molecule has 5 nitrogen and oxygen atoms in total. The molecular formula is C11H19ClN4O. The van der Waals surface area contributed by atoms with Gasteiger partial charge in [-0.3, -0.25) is 4.79 Å². The van der Waals surface area contributed by atoms with Gasteiger partial charge in [0.05, 0.1) is 24.1 Å². The summed E-state index contributed by atoms with van der Waals surface area (Å²) in [4.78, 5) is 19.8. The summed E-state index contributed by atoms with van der Waals surface area (Å²) in [7, 11) is 0. The van der Waals surface area contributed by atoms with Crippen molar-refractivity contribution in [1.82, 2.24) is 9.97 Å². The van der Waals surface area contributed by atoms with Gasteiger partial charge in [-0.05, 0) is 5.92 Å². The highest BCUT2D eigenvalue weighted by atomic mass is 35.5. The Morgan fingerprint density at radius 3 is 2.35 bits per heavy atom. The van der Waals surface area contributed by atoms with E-state index in [1.165, 1.54) is 0 Å². The number of nitrogens with one attached hydrogen (secondary N) is 1. The van der Waals surface area contributed by atoms with E-state index in [1.54, 1.807) is 12.4 Å². The van der Waals surface area contributed by atoms with Gasteiger partial charge in [-0.2, -0.15) is 0 Å². The highest BCUT2D eigenvalue weighted by molar-refractivity contribution is 5.94. The smallest absolute Gasteiger partial charge is 0.241 e. The fraction of sp³-hybridized carbons (Fsp3) is 0.545. The largest absolute Gasteiger partial charge is 0.322 e. The van der Waals surface area contributed by atoms with Crippen LogP contribution in [-0.2, 0) is 11.2 Å². The maximum Gasteiger partial charge on any atom is 0.241 e.